The van der Waals surface area contributed by atoms with E-state index in [9.17, 15) is 13.2 Å². The highest BCUT2D eigenvalue weighted by atomic mass is 32.2. The van der Waals surface area contributed by atoms with Crippen LogP contribution >= 0.6 is 0 Å². The molecule has 0 saturated carbocycles. The standard InChI is InChI=1S/C4H5NO3S/c1-2-3-9(7,8)5-4-6/h2H,1,3H2. The number of nitrogens with zero attached hydrogens (tertiary/aromatic N) is 1. The van der Waals surface area contributed by atoms with Gasteiger partial charge in [0.1, 0.15) is 0 Å². The number of carbonyl (C=O) groups excluding carboxylic acids is 1. The van der Waals surface area contributed by atoms with Crippen molar-refractivity contribution in [3.63, 3.8) is 0 Å². The average Bonchev–Trinajstić information content (AvgIpc) is 1.64. The molecule has 4 nitrogen and oxygen atoms in total. The van der Waals surface area contributed by atoms with Crippen LogP contribution in [0.4, 0.5) is 0 Å². The van der Waals surface area contributed by atoms with E-state index in [0.29, 0.717) is 0 Å². The van der Waals surface area contributed by atoms with Crippen LogP contribution in [-0.2, 0) is 14.8 Å². The molecule has 0 bridgehead atoms. The molecular weight excluding hydrogens is 142 g/mol. The van der Waals surface area contributed by atoms with Gasteiger partial charge in [-0.25, -0.2) is 8.42 Å². The zero-order valence-electron chi connectivity index (χ0n) is 4.57. The zero-order chi connectivity index (χ0) is 7.33. The second-order valence-electron chi connectivity index (χ2n) is 1.22. The number of hydrogen-bond donors (Lipinski definition) is 0. The van der Waals surface area contributed by atoms with Crippen molar-refractivity contribution in [3.8, 4) is 0 Å². The summed E-state index contributed by atoms with van der Waals surface area (Å²) in [5.41, 5.74) is 0. The summed E-state index contributed by atoms with van der Waals surface area (Å²) in [5.74, 6) is -0.317. The number of amides is 1. The lowest BCUT2D eigenvalue weighted by Crippen LogP contribution is -2.16. The van der Waals surface area contributed by atoms with E-state index in [2.05, 4.69) is 11.3 Å². The number of hydrogen-bond acceptors (Lipinski definition) is 3. The van der Waals surface area contributed by atoms with E-state index < -0.39 is 10.0 Å². The largest absolute Gasteiger partial charge is 0.348 e. The summed E-state index contributed by atoms with van der Waals surface area (Å²) < 4.78 is 23.2. The highest BCUT2D eigenvalue weighted by Crippen LogP contribution is 1.82. The van der Waals surface area contributed by atoms with E-state index >= 15 is 0 Å². The third kappa shape index (κ3) is 3.72. The highest BCUT2D eigenvalue weighted by molar-refractivity contribution is 7.89. The summed E-state index contributed by atoms with van der Waals surface area (Å²) in [6.45, 7) is 3.16. The Labute approximate surface area is 53.6 Å². The molecule has 0 aromatic rings. The van der Waals surface area contributed by atoms with Crippen LogP contribution in [0.15, 0.2) is 12.7 Å². The smallest absolute Gasteiger partial charge is 0.260 e. The monoisotopic (exact) mass is 147 g/mol. The zero-order valence-corrected chi connectivity index (χ0v) is 5.39. The van der Waals surface area contributed by atoms with Crippen LogP contribution in [0.5, 0.6) is 0 Å². The summed E-state index contributed by atoms with van der Waals surface area (Å²) in [6.07, 6.45) is 2.08. The van der Waals surface area contributed by atoms with Gasteiger partial charge in [-0.1, -0.05) is 6.08 Å². The van der Waals surface area contributed by atoms with Gasteiger partial charge in [0, 0.05) is 0 Å². The molecule has 5 heteroatoms. The minimum absolute atomic E-state index is 0.317. The van der Waals surface area contributed by atoms with E-state index in [1.54, 1.807) is 0 Å². The maximum Gasteiger partial charge on any atom is 0.348 e. The Kier molecular flexibility index (Phi) is 2.94. The van der Waals surface area contributed by atoms with Crippen molar-refractivity contribution in [2.45, 2.75) is 0 Å². The van der Waals surface area contributed by atoms with E-state index in [4.69, 9.17) is 0 Å². The van der Waals surface area contributed by atoms with Crippen molar-refractivity contribution >= 4 is 16.4 Å². The van der Waals surface area contributed by atoms with Crippen molar-refractivity contribution in [1.29, 1.82) is 0 Å². The Hall–Kier alpha value is -0.840. The Morgan fingerprint density at radius 1 is 1.67 bits per heavy atom. The lowest BCUT2D eigenvalue weighted by atomic mass is 10.8. The van der Waals surface area contributed by atoms with E-state index in [-0.39, 0.29) is 5.75 Å². The summed E-state index contributed by atoms with van der Waals surface area (Å²) in [5, 5.41) is 0. The fourth-order valence-corrected chi connectivity index (χ4v) is 0.729. The van der Waals surface area contributed by atoms with Gasteiger partial charge in [-0.05, 0) is 0 Å². The van der Waals surface area contributed by atoms with Crippen LogP contribution < -0.4 is 4.72 Å². The van der Waals surface area contributed by atoms with Crippen LogP contribution in [0.1, 0.15) is 0 Å². The minimum Gasteiger partial charge on any atom is -0.260 e. The normalized spacial score (nSPS) is 10.2. The molecule has 0 heterocycles. The third-order valence-electron chi connectivity index (χ3n) is 0.505. The van der Waals surface area contributed by atoms with Gasteiger partial charge in [0.05, 0.1) is 5.75 Å². The fourth-order valence-electron chi connectivity index (χ4n) is 0.243. The van der Waals surface area contributed by atoms with Crippen molar-refractivity contribution in [1.82, 2.24) is 4.72 Å². The molecular formula is C4H5NO3S. The second kappa shape index (κ2) is 3.24. The molecule has 0 N–H and O–H groups in total. The first-order valence-corrected chi connectivity index (χ1v) is 3.66. The predicted octanol–water partition coefficient (Wildman–Crippen LogP) is -0.826. The molecule has 0 aliphatic heterocycles. The van der Waals surface area contributed by atoms with Gasteiger partial charge in [-0.2, -0.15) is 0 Å². The molecule has 0 rings (SSSR count). The quantitative estimate of drug-likeness (QED) is 0.488. The molecule has 2 radical (unpaired) electrons. The summed E-state index contributed by atoms with van der Waals surface area (Å²) in [6, 6.07) is 0. The molecule has 0 aliphatic carbocycles. The fraction of sp³-hybridized carbons (Fsp3) is 0.250. The Morgan fingerprint density at radius 2 is 2.22 bits per heavy atom. The van der Waals surface area contributed by atoms with Crippen LogP contribution in [-0.4, -0.2) is 20.6 Å². The second-order valence-corrected chi connectivity index (χ2v) is 2.90. The minimum atomic E-state index is -3.60. The molecule has 0 aromatic heterocycles. The van der Waals surface area contributed by atoms with Crippen LogP contribution in [0.25, 0.3) is 0 Å². The van der Waals surface area contributed by atoms with E-state index in [1.165, 1.54) is 0 Å². The first kappa shape index (κ1) is 8.16. The highest BCUT2D eigenvalue weighted by Gasteiger charge is 2.06. The first-order chi connectivity index (χ1) is 4.12. The molecule has 0 aromatic carbocycles. The molecule has 0 atom stereocenters. The Balaban J connectivity index is 4.03. The van der Waals surface area contributed by atoms with Crippen LogP contribution in [0, 0.1) is 0 Å². The Bertz CT molecular complexity index is 178. The molecule has 50 valence electrons. The average molecular weight is 147 g/mol. The molecule has 1 amide bonds. The van der Waals surface area contributed by atoms with Crippen molar-refractivity contribution < 1.29 is 13.2 Å². The molecule has 0 fully saturated rings. The Morgan fingerprint density at radius 3 is 2.56 bits per heavy atom. The van der Waals surface area contributed by atoms with Gasteiger partial charge < -0.3 is 0 Å². The van der Waals surface area contributed by atoms with Gasteiger partial charge in [-0.15, -0.1) is 11.3 Å². The van der Waals surface area contributed by atoms with Gasteiger partial charge in [0.2, 0.25) is 0 Å². The van der Waals surface area contributed by atoms with Gasteiger partial charge in [0.15, 0.2) is 0 Å². The topological polar surface area (TPSA) is 65.3 Å². The van der Waals surface area contributed by atoms with E-state index in [0.717, 1.165) is 12.5 Å². The van der Waals surface area contributed by atoms with Crippen LogP contribution in [0.3, 0.4) is 0 Å². The molecule has 0 unspecified atom stereocenters. The molecule has 0 aliphatic rings. The summed E-state index contributed by atoms with van der Waals surface area (Å²) >= 11 is 0. The van der Waals surface area contributed by atoms with Gasteiger partial charge in [0.25, 0.3) is 10.0 Å². The molecule has 0 saturated heterocycles. The number of sulfonamides is 1. The summed E-state index contributed by atoms with van der Waals surface area (Å²) in [4.78, 5) is 9.39. The van der Waals surface area contributed by atoms with Gasteiger partial charge in [-0.3, -0.25) is 4.79 Å². The predicted molar refractivity (Wildman–Crippen MR) is 31.8 cm³/mol. The SMILES string of the molecule is C=CCS(=O)(=O)[N][C]=O. The number of rotatable bonds is 4. The van der Waals surface area contributed by atoms with Crippen molar-refractivity contribution in [2.75, 3.05) is 5.75 Å². The lowest BCUT2D eigenvalue weighted by Gasteiger charge is -1.89. The maximum atomic E-state index is 10.3. The van der Waals surface area contributed by atoms with Crippen LogP contribution in [0.2, 0.25) is 0 Å². The molecule has 0 spiro atoms. The van der Waals surface area contributed by atoms with E-state index in [1.807, 2.05) is 0 Å². The third-order valence-corrected chi connectivity index (χ3v) is 1.51. The lowest BCUT2D eigenvalue weighted by molar-refractivity contribution is 0.546. The summed E-state index contributed by atoms with van der Waals surface area (Å²) in [7, 11) is -3.60. The molecule has 9 heavy (non-hydrogen) atoms. The van der Waals surface area contributed by atoms with Crippen molar-refractivity contribution in [2.24, 2.45) is 0 Å². The first-order valence-electron chi connectivity index (χ1n) is 2.05. The van der Waals surface area contributed by atoms with Crippen molar-refractivity contribution in [3.05, 3.63) is 12.7 Å². The maximum absolute atomic E-state index is 10.3. The van der Waals surface area contributed by atoms with Gasteiger partial charge >= 0.3 is 6.41 Å².